The van der Waals surface area contributed by atoms with Crippen molar-refractivity contribution < 1.29 is 14.3 Å². The molecule has 5 rings (SSSR count). The van der Waals surface area contributed by atoms with Crippen molar-refractivity contribution in [2.75, 3.05) is 32.7 Å². The fourth-order valence-corrected chi connectivity index (χ4v) is 5.31. The summed E-state index contributed by atoms with van der Waals surface area (Å²) in [5, 5.41) is 0. The third-order valence-electron chi connectivity index (χ3n) is 6.83. The number of pyridine rings is 1. The highest BCUT2D eigenvalue weighted by molar-refractivity contribution is 5.93. The van der Waals surface area contributed by atoms with Crippen LogP contribution in [0.25, 0.3) is 0 Å². The van der Waals surface area contributed by atoms with E-state index in [1.54, 1.807) is 0 Å². The number of amides is 2. The molecule has 0 aromatic carbocycles. The van der Waals surface area contributed by atoms with E-state index in [4.69, 9.17) is 4.74 Å². The van der Waals surface area contributed by atoms with Crippen molar-refractivity contribution >= 4 is 11.8 Å². The predicted octanol–water partition coefficient (Wildman–Crippen LogP) is 0.916. The highest BCUT2D eigenvalue weighted by atomic mass is 16.5. The predicted molar refractivity (Wildman–Crippen MR) is 107 cm³/mol. The number of ether oxygens (including phenoxy) is 1. The molecular formula is C22H28N4O3. The van der Waals surface area contributed by atoms with E-state index >= 15 is 0 Å². The van der Waals surface area contributed by atoms with Gasteiger partial charge in [-0.1, -0.05) is 18.2 Å². The van der Waals surface area contributed by atoms with Crippen molar-refractivity contribution in [3.8, 4) is 0 Å². The summed E-state index contributed by atoms with van der Waals surface area (Å²) in [5.74, 6) is -0.626. The number of aromatic nitrogens is 1. The Bertz CT molecular complexity index is 834. The maximum atomic E-state index is 13.4. The van der Waals surface area contributed by atoms with Crippen molar-refractivity contribution in [2.24, 2.45) is 11.8 Å². The molecule has 7 nitrogen and oxygen atoms in total. The van der Waals surface area contributed by atoms with Crippen LogP contribution in [0.5, 0.6) is 0 Å². The lowest BCUT2D eigenvalue weighted by atomic mass is 9.76. The first-order valence-electron chi connectivity index (χ1n) is 10.6. The Balaban J connectivity index is 1.26. The van der Waals surface area contributed by atoms with E-state index in [0.717, 1.165) is 25.3 Å². The smallest absolute Gasteiger partial charge is 0.230 e. The van der Waals surface area contributed by atoms with Gasteiger partial charge in [-0.2, -0.15) is 0 Å². The molecule has 3 fully saturated rings. The van der Waals surface area contributed by atoms with E-state index in [1.807, 2.05) is 60.2 Å². The molecule has 4 aliphatic heterocycles. The minimum absolute atomic E-state index is 0.0685. The third kappa shape index (κ3) is 2.99. The Labute approximate surface area is 171 Å². The fraction of sp³-hybridized carbons (Fsp3) is 0.591. The standard InChI is InChI=1S/C22H28N4O3/c1-15(2)26-14-22-7-6-17(29-22)18(19(22)21(26)28)20(27)25-11-9-24(10-12-25)13-16-5-3-4-8-23-16/h3-8,15,17-19H,9-14H2,1-2H3/t17-,18+,19+,22-/m1/s1. The molecule has 1 aromatic heterocycles. The number of piperazine rings is 1. The van der Waals surface area contributed by atoms with Crippen molar-refractivity contribution in [3.05, 3.63) is 42.2 Å². The largest absolute Gasteiger partial charge is 0.360 e. The molecule has 4 atom stereocenters. The average molecular weight is 396 g/mol. The summed E-state index contributed by atoms with van der Waals surface area (Å²) in [6, 6.07) is 6.06. The number of nitrogens with zero attached hydrogens (tertiary/aromatic N) is 4. The molecule has 7 heteroatoms. The molecule has 1 aromatic rings. The van der Waals surface area contributed by atoms with Gasteiger partial charge < -0.3 is 14.5 Å². The van der Waals surface area contributed by atoms with Crippen LogP contribution in [0.1, 0.15) is 19.5 Å². The Morgan fingerprint density at radius 3 is 2.76 bits per heavy atom. The van der Waals surface area contributed by atoms with Crippen LogP contribution in [-0.4, -0.2) is 82.0 Å². The van der Waals surface area contributed by atoms with Gasteiger partial charge in [0.2, 0.25) is 11.8 Å². The zero-order chi connectivity index (χ0) is 20.2. The first-order valence-corrected chi connectivity index (χ1v) is 10.6. The third-order valence-corrected chi connectivity index (χ3v) is 6.83. The monoisotopic (exact) mass is 396 g/mol. The van der Waals surface area contributed by atoms with E-state index in [0.29, 0.717) is 19.6 Å². The van der Waals surface area contributed by atoms with Gasteiger partial charge in [0.05, 0.1) is 30.2 Å². The maximum absolute atomic E-state index is 13.4. The topological polar surface area (TPSA) is 66.0 Å². The van der Waals surface area contributed by atoms with Gasteiger partial charge in [-0.15, -0.1) is 0 Å². The summed E-state index contributed by atoms with van der Waals surface area (Å²) in [4.78, 5) is 37.0. The lowest BCUT2D eigenvalue weighted by Gasteiger charge is -2.37. The van der Waals surface area contributed by atoms with Gasteiger partial charge >= 0.3 is 0 Å². The van der Waals surface area contributed by atoms with Gasteiger partial charge in [0.15, 0.2) is 0 Å². The number of likely N-dealkylation sites (tertiary alicyclic amines) is 1. The lowest BCUT2D eigenvalue weighted by molar-refractivity contribution is -0.145. The second kappa shape index (κ2) is 6.92. The Morgan fingerprint density at radius 1 is 1.28 bits per heavy atom. The van der Waals surface area contributed by atoms with Crippen molar-refractivity contribution in [1.29, 1.82) is 0 Å². The van der Waals surface area contributed by atoms with E-state index in [9.17, 15) is 9.59 Å². The van der Waals surface area contributed by atoms with Crippen LogP contribution in [0.4, 0.5) is 0 Å². The zero-order valence-corrected chi connectivity index (χ0v) is 17.0. The molecular weight excluding hydrogens is 368 g/mol. The highest BCUT2D eigenvalue weighted by Gasteiger charge is 2.67. The molecule has 0 aliphatic carbocycles. The Hall–Kier alpha value is -2.25. The summed E-state index contributed by atoms with van der Waals surface area (Å²) in [7, 11) is 0. The van der Waals surface area contributed by atoms with Crippen LogP contribution < -0.4 is 0 Å². The quantitative estimate of drug-likeness (QED) is 0.708. The Kier molecular flexibility index (Phi) is 4.47. The van der Waals surface area contributed by atoms with Crippen LogP contribution in [0.2, 0.25) is 0 Å². The molecule has 4 aliphatic rings. The number of rotatable bonds is 4. The number of carbonyl (C=O) groups is 2. The minimum atomic E-state index is -0.604. The summed E-state index contributed by atoms with van der Waals surface area (Å²) in [5.41, 5.74) is 0.443. The first kappa shape index (κ1) is 18.8. The van der Waals surface area contributed by atoms with E-state index < -0.39 is 11.5 Å². The number of fused-ring (bicyclic) bond motifs is 1. The molecule has 0 unspecified atom stereocenters. The number of hydrogen-bond acceptors (Lipinski definition) is 5. The number of carbonyl (C=O) groups excluding carboxylic acids is 2. The summed E-state index contributed by atoms with van der Waals surface area (Å²) >= 11 is 0. The maximum Gasteiger partial charge on any atom is 0.230 e. The van der Waals surface area contributed by atoms with Gasteiger partial charge in [0.1, 0.15) is 5.60 Å². The van der Waals surface area contributed by atoms with Gasteiger partial charge in [-0.25, -0.2) is 0 Å². The van der Waals surface area contributed by atoms with Crippen LogP contribution in [0.3, 0.4) is 0 Å². The van der Waals surface area contributed by atoms with E-state index in [1.165, 1.54) is 0 Å². The first-order chi connectivity index (χ1) is 14.0. The summed E-state index contributed by atoms with van der Waals surface area (Å²) in [6.07, 6.45) is 5.56. The summed E-state index contributed by atoms with van der Waals surface area (Å²) in [6.45, 7) is 8.39. The Morgan fingerprint density at radius 2 is 2.07 bits per heavy atom. The van der Waals surface area contributed by atoms with E-state index in [-0.39, 0.29) is 29.9 Å². The van der Waals surface area contributed by atoms with Crippen molar-refractivity contribution in [3.63, 3.8) is 0 Å². The van der Waals surface area contributed by atoms with Crippen molar-refractivity contribution in [2.45, 2.75) is 38.1 Å². The molecule has 2 amide bonds. The molecule has 0 saturated carbocycles. The molecule has 2 bridgehead atoms. The SMILES string of the molecule is CC(C)N1C[C@@]23C=C[C@@H](O2)[C@H](C(=O)N2CCN(Cc4ccccn4)CC2)[C@H]3C1=O. The van der Waals surface area contributed by atoms with Crippen LogP contribution in [0.15, 0.2) is 36.5 Å². The average Bonchev–Trinajstić information content (AvgIpc) is 3.37. The van der Waals surface area contributed by atoms with Gasteiger partial charge in [-0.3, -0.25) is 19.5 Å². The van der Waals surface area contributed by atoms with Gasteiger partial charge in [-0.05, 0) is 26.0 Å². The van der Waals surface area contributed by atoms with Crippen molar-refractivity contribution in [1.82, 2.24) is 19.7 Å². The van der Waals surface area contributed by atoms with Crippen LogP contribution >= 0.6 is 0 Å². The van der Waals surface area contributed by atoms with Gasteiger partial charge in [0.25, 0.3) is 0 Å². The van der Waals surface area contributed by atoms with Crippen LogP contribution in [-0.2, 0) is 20.9 Å². The van der Waals surface area contributed by atoms with Crippen LogP contribution in [0, 0.1) is 11.8 Å². The number of hydrogen-bond donors (Lipinski definition) is 0. The molecule has 1 spiro atoms. The molecule has 0 radical (unpaired) electrons. The summed E-state index contributed by atoms with van der Waals surface area (Å²) < 4.78 is 6.22. The second-order valence-electron chi connectivity index (χ2n) is 8.88. The fourth-order valence-electron chi connectivity index (χ4n) is 5.31. The molecule has 3 saturated heterocycles. The molecule has 0 N–H and O–H groups in total. The highest BCUT2D eigenvalue weighted by Crippen LogP contribution is 2.52. The molecule has 154 valence electrons. The minimum Gasteiger partial charge on any atom is -0.360 e. The molecule has 5 heterocycles. The molecule has 29 heavy (non-hydrogen) atoms. The van der Waals surface area contributed by atoms with Gasteiger partial charge in [0, 0.05) is 45.0 Å². The lowest BCUT2D eigenvalue weighted by Crippen LogP contribution is -2.53. The second-order valence-corrected chi connectivity index (χ2v) is 8.88. The zero-order valence-electron chi connectivity index (χ0n) is 17.0. The van der Waals surface area contributed by atoms with E-state index in [2.05, 4.69) is 9.88 Å². The normalized spacial score (nSPS) is 33.8.